The van der Waals surface area contributed by atoms with Gasteiger partial charge >= 0.3 is 0 Å². The van der Waals surface area contributed by atoms with Crippen LogP contribution in [0.25, 0.3) is 0 Å². The van der Waals surface area contributed by atoms with Gasteiger partial charge in [-0.25, -0.2) is 4.39 Å². The highest BCUT2D eigenvalue weighted by Crippen LogP contribution is 2.19. The van der Waals surface area contributed by atoms with Crippen molar-refractivity contribution in [3.63, 3.8) is 0 Å². The summed E-state index contributed by atoms with van der Waals surface area (Å²) in [6, 6.07) is 5.53. The van der Waals surface area contributed by atoms with Crippen molar-refractivity contribution in [1.82, 2.24) is 0 Å². The number of nitrogens with one attached hydrogen (secondary N) is 1. The zero-order valence-electron chi connectivity index (χ0n) is 9.78. The van der Waals surface area contributed by atoms with Crippen molar-refractivity contribution in [3.05, 3.63) is 29.6 Å². The smallest absolute Gasteiger partial charge is 0.253 e. The van der Waals surface area contributed by atoms with Gasteiger partial charge in [0.1, 0.15) is 18.0 Å². The van der Waals surface area contributed by atoms with Gasteiger partial charge in [0.15, 0.2) is 0 Å². The van der Waals surface area contributed by atoms with E-state index in [1.165, 1.54) is 12.1 Å². The number of rotatable bonds is 2. The third kappa shape index (κ3) is 2.84. The highest BCUT2D eigenvalue weighted by molar-refractivity contribution is 5.95. The lowest BCUT2D eigenvalue weighted by molar-refractivity contribution is -0.129. The highest BCUT2D eigenvalue weighted by atomic mass is 19.1. The first-order chi connectivity index (χ1) is 8.70. The molecule has 1 unspecified atom stereocenters. The summed E-state index contributed by atoms with van der Waals surface area (Å²) >= 11 is 0. The van der Waals surface area contributed by atoms with Gasteiger partial charge in [-0.1, -0.05) is 0 Å². The standard InChI is InChI=1S/C13H13FN2O2/c14-10-4-5-11(9(7-10)8-15)16-13(17)12-3-1-2-6-18-12/h4-5,7,12H,1-3,6H2,(H,16,17). The Morgan fingerprint density at radius 1 is 1.50 bits per heavy atom. The van der Waals surface area contributed by atoms with Crippen LogP contribution in [0.5, 0.6) is 0 Å². The number of nitrogens with zero attached hydrogens (tertiary/aromatic N) is 1. The molecule has 4 nitrogen and oxygen atoms in total. The maximum Gasteiger partial charge on any atom is 0.253 e. The Hall–Kier alpha value is -1.93. The largest absolute Gasteiger partial charge is 0.368 e. The third-order valence-electron chi connectivity index (χ3n) is 2.83. The van der Waals surface area contributed by atoms with Crippen molar-refractivity contribution in [1.29, 1.82) is 5.26 Å². The van der Waals surface area contributed by atoms with E-state index in [2.05, 4.69) is 5.32 Å². The Balaban J connectivity index is 2.09. The molecule has 18 heavy (non-hydrogen) atoms. The zero-order chi connectivity index (χ0) is 13.0. The van der Waals surface area contributed by atoms with Crippen LogP contribution in [0, 0.1) is 17.1 Å². The van der Waals surface area contributed by atoms with Gasteiger partial charge in [0.25, 0.3) is 5.91 Å². The minimum atomic E-state index is -0.501. The number of hydrogen-bond acceptors (Lipinski definition) is 3. The van der Waals surface area contributed by atoms with Gasteiger partial charge in [0, 0.05) is 6.61 Å². The van der Waals surface area contributed by atoms with Gasteiger partial charge in [0.05, 0.1) is 11.3 Å². The summed E-state index contributed by atoms with van der Waals surface area (Å²) in [4.78, 5) is 11.9. The number of carbonyl (C=O) groups excluding carboxylic acids is 1. The third-order valence-corrected chi connectivity index (χ3v) is 2.83. The zero-order valence-corrected chi connectivity index (χ0v) is 9.78. The lowest BCUT2D eigenvalue weighted by Crippen LogP contribution is -2.33. The molecule has 2 rings (SSSR count). The van der Waals surface area contributed by atoms with E-state index >= 15 is 0 Å². The van der Waals surface area contributed by atoms with Gasteiger partial charge in [-0.2, -0.15) is 5.26 Å². The molecule has 1 amide bonds. The molecule has 1 aromatic rings. The molecule has 0 aliphatic carbocycles. The normalized spacial score (nSPS) is 19.0. The number of benzene rings is 1. The molecule has 1 saturated heterocycles. The van der Waals surface area contributed by atoms with E-state index in [0.29, 0.717) is 18.7 Å². The Kier molecular flexibility index (Phi) is 3.90. The second kappa shape index (κ2) is 5.61. The lowest BCUT2D eigenvalue weighted by Gasteiger charge is -2.21. The SMILES string of the molecule is N#Cc1cc(F)ccc1NC(=O)C1CCCCO1. The predicted octanol–water partition coefficient (Wildman–Crippen LogP) is 2.20. The first-order valence-electron chi connectivity index (χ1n) is 5.83. The second-order valence-corrected chi connectivity index (χ2v) is 4.15. The molecule has 1 atom stereocenters. The average molecular weight is 248 g/mol. The summed E-state index contributed by atoms with van der Waals surface area (Å²) in [5.41, 5.74) is 0.428. The monoisotopic (exact) mass is 248 g/mol. The maximum absolute atomic E-state index is 12.9. The highest BCUT2D eigenvalue weighted by Gasteiger charge is 2.22. The molecule has 0 spiro atoms. The topological polar surface area (TPSA) is 62.1 Å². The Morgan fingerprint density at radius 2 is 2.33 bits per heavy atom. The number of ether oxygens (including phenoxy) is 1. The van der Waals surface area contributed by atoms with Crippen LogP contribution >= 0.6 is 0 Å². The quantitative estimate of drug-likeness (QED) is 0.872. The van der Waals surface area contributed by atoms with Gasteiger partial charge in [-0.05, 0) is 37.5 Å². The van der Waals surface area contributed by atoms with Crippen LogP contribution in [-0.4, -0.2) is 18.6 Å². The Bertz CT molecular complexity index is 490. The minimum Gasteiger partial charge on any atom is -0.368 e. The van der Waals surface area contributed by atoms with Crippen molar-refractivity contribution < 1.29 is 13.9 Å². The fourth-order valence-corrected chi connectivity index (χ4v) is 1.88. The van der Waals surface area contributed by atoms with Crippen LogP contribution in [0.15, 0.2) is 18.2 Å². The number of amides is 1. The number of anilines is 1. The van der Waals surface area contributed by atoms with Gasteiger partial charge in [0.2, 0.25) is 0 Å². The summed E-state index contributed by atoms with van der Waals surface area (Å²) < 4.78 is 18.3. The number of carbonyl (C=O) groups is 1. The van der Waals surface area contributed by atoms with E-state index in [4.69, 9.17) is 10.00 Å². The van der Waals surface area contributed by atoms with Gasteiger partial charge in [-0.15, -0.1) is 0 Å². The molecule has 1 N–H and O–H groups in total. The molecule has 5 heteroatoms. The van der Waals surface area contributed by atoms with Crippen molar-refractivity contribution in [2.45, 2.75) is 25.4 Å². The summed E-state index contributed by atoms with van der Waals surface area (Å²) in [5.74, 6) is -0.781. The molecular weight excluding hydrogens is 235 g/mol. The summed E-state index contributed by atoms with van der Waals surface area (Å²) in [5, 5.41) is 11.5. The first-order valence-corrected chi connectivity index (χ1v) is 5.83. The van der Waals surface area contributed by atoms with E-state index < -0.39 is 11.9 Å². The maximum atomic E-state index is 12.9. The molecule has 1 aromatic carbocycles. The van der Waals surface area contributed by atoms with Crippen molar-refractivity contribution >= 4 is 11.6 Å². The molecule has 0 saturated carbocycles. The molecule has 0 aromatic heterocycles. The number of halogens is 1. The molecular formula is C13H13FN2O2. The van der Waals surface area contributed by atoms with Crippen LogP contribution < -0.4 is 5.32 Å². The van der Waals surface area contributed by atoms with E-state index in [1.807, 2.05) is 6.07 Å². The first kappa shape index (κ1) is 12.5. The number of hydrogen-bond donors (Lipinski definition) is 1. The molecule has 0 bridgehead atoms. The molecule has 1 fully saturated rings. The Morgan fingerprint density at radius 3 is 3.00 bits per heavy atom. The fraction of sp³-hybridized carbons (Fsp3) is 0.385. The summed E-state index contributed by atoms with van der Waals surface area (Å²) in [7, 11) is 0. The van der Waals surface area contributed by atoms with Crippen LogP contribution in [0.1, 0.15) is 24.8 Å². The lowest BCUT2D eigenvalue weighted by atomic mass is 10.1. The molecule has 0 radical (unpaired) electrons. The van der Waals surface area contributed by atoms with Crippen LogP contribution in [0.3, 0.4) is 0 Å². The number of nitriles is 1. The van der Waals surface area contributed by atoms with Crippen LogP contribution in [-0.2, 0) is 9.53 Å². The summed E-state index contributed by atoms with van der Waals surface area (Å²) in [6.45, 7) is 0.576. The van der Waals surface area contributed by atoms with Crippen molar-refractivity contribution in [2.75, 3.05) is 11.9 Å². The Labute approximate surface area is 104 Å². The minimum absolute atomic E-state index is 0.110. The second-order valence-electron chi connectivity index (χ2n) is 4.15. The van der Waals surface area contributed by atoms with Gasteiger partial charge < -0.3 is 10.1 Å². The van der Waals surface area contributed by atoms with E-state index in [9.17, 15) is 9.18 Å². The van der Waals surface area contributed by atoms with Crippen molar-refractivity contribution in [2.24, 2.45) is 0 Å². The molecule has 1 aliphatic rings. The fourth-order valence-electron chi connectivity index (χ4n) is 1.88. The van der Waals surface area contributed by atoms with Crippen molar-refractivity contribution in [3.8, 4) is 6.07 Å². The predicted molar refractivity (Wildman–Crippen MR) is 63.3 cm³/mol. The van der Waals surface area contributed by atoms with E-state index in [0.717, 1.165) is 18.9 Å². The van der Waals surface area contributed by atoms with E-state index in [1.54, 1.807) is 0 Å². The van der Waals surface area contributed by atoms with E-state index in [-0.39, 0.29) is 11.5 Å². The van der Waals surface area contributed by atoms with Gasteiger partial charge in [-0.3, -0.25) is 4.79 Å². The molecule has 1 aliphatic heterocycles. The summed E-state index contributed by atoms with van der Waals surface area (Å²) in [6.07, 6.45) is 2.11. The average Bonchev–Trinajstić information content (AvgIpc) is 2.41. The van der Waals surface area contributed by atoms with Crippen LogP contribution in [0.4, 0.5) is 10.1 Å². The molecule has 1 heterocycles. The molecule has 94 valence electrons. The van der Waals surface area contributed by atoms with Crippen LogP contribution in [0.2, 0.25) is 0 Å².